The summed E-state index contributed by atoms with van der Waals surface area (Å²) in [6, 6.07) is 7.77. The van der Waals surface area contributed by atoms with E-state index < -0.39 is 11.9 Å². The molecule has 0 atom stereocenters. The molecule has 0 aliphatic heterocycles. The third kappa shape index (κ3) is 3.43. The van der Waals surface area contributed by atoms with Crippen molar-refractivity contribution in [3.8, 4) is 0 Å². The summed E-state index contributed by atoms with van der Waals surface area (Å²) < 4.78 is 1.29. The maximum Gasteiger partial charge on any atom is 0.337 e. The largest absolute Gasteiger partial charge is 0.478 e. The molecule has 0 aliphatic rings. The molecule has 7 heteroatoms. The van der Waals surface area contributed by atoms with E-state index in [1.807, 2.05) is 0 Å². The topological polar surface area (TPSA) is 79.3 Å². The summed E-state index contributed by atoms with van der Waals surface area (Å²) in [5.74, 6) is -1.53. The Bertz CT molecular complexity index is 672. The highest BCUT2D eigenvalue weighted by molar-refractivity contribution is 9.10. The molecule has 2 N–H and O–H groups in total. The molecule has 20 heavy (non-hydrogen) atoms. The molecule has 0 saturated heterocycles. The van der Waals surface area contributed by atoms with Gasteiger partial charge in [0.1, 0.15) is 4.60 Å². The predicted molar refractivity (Wildman–Crippen MR) is 81.0 cm³/mol. The minimum absolute atomic E-state index is 0.0200. The van der Waals surface area contributed by atoms with Crippen molar-refractivity contribution in [2.75, 3.05) is 5.32 Å². The van der Waals surface area contributed by atoms with Crippen molar-refractivity contribution in [1.82, 2.24) is 4.98 Å². The minimum atomic E-state index is -1.11. The molecule has 0 radical (unpaired) electrons. The third-order valence-electron chi connectivity index (χ3n) is 2.45. The second kappa shape index (κ2) is 6.15. The van der Waals surface area contributed by atoms with Crippen LogP contribution in [0.2, 0.25) is 0 Å². The van der Waals surface area contributed by atoms with Crippen LogP contribution in [0.3, 0.4) is 0 Å². The maximum atomic E-state index is 12.0. The van der Waals surface area contributed by atoms with Crippen molar-refractivity contribution in [3.05, 3.63) is 56.7 Å². The van der Waals surface area contributed by atoms with Gasteiger partial charge in [-0.15, -0.1) is 0 Å². The lowest BCUT2D eigenvalue weighted by Crippen LogP contribution is -2.15. The summed E-state index contributed by atoms with van der Waals surface area (Å²) >= 11 is 6.41. The van der Waals surface area contributed by atoms with Crippen LogP contribution >= 0.6 is 31.9 Å². The van der Waals surface area contributed by atoms with E-state index in [0.717, 1.165) is 0 Å². The Kier molecular flexibility index (Phi) is 4.51. The van der Waals surface area contributed by atoms with Gasteiger partial charge in [-0.1, -0.05) is 15.9 Å². The number of hydrogen-bond acceptors (Lipinski definition) is 3. The zero-order valence-corrected chi connectivity index (χ0v) is 13.1. The van der Waals surface area contributed by atoms with Gasteiger partial charge < -0.3 is 10.4 Å². The number of nitrogens with zero attached hydrogens (tertiary/aromatic N) is 1. The molecule has 102 valence electrons. The molecule has 0 unspecified atom stereocenters. The highest BCUT2D eigenvalue weighted by atomic mass is 79.9. The van der Waals surface area contributed by atoms with Gasteiger partial charge in [-0.25, -0.2) is 9.78 Å². The van der Waals surface area contributed by atoms with Crippen molar-refractivity contribution >= 4 is 49.4 Å². The van der Waals surface area contributed by atoms with Gasteiger partial charge >= 0.3 is 5.97 Å². The zero-order chi connectivity index (χ0) is 14.7. The number of anilines is 1. The second-order valence-electron chi connectivity index (χ2n) is 3.82. The summed E-state index contributed by atoms with van der Waals surface area (Å²) in [6.07, 6.45) is 1.40. The van der Waals surface area contributed by atoms with Crippen molar-refractivity contribution in [3.63, 3.8) is 0 Å². The number of amides is 1. The Hall–Kier alpha value is -1.73. The quantitative estimate of drug-likeness (QED) is 0.773. The monoisotopic (exact) mass is 398 g/mol. The first-order valence-electron chi connectivity index (χ1n) is 5.43. The van der Waals surface area contributed by atoms with E-state index in [9.17, 15) is 9.59 Å². The van der Waals surface area contributed by atoms with Gasteiger partial charge in [0.05, 0.1) is 16.8 Å². The van der Waals surface area contributed by atoms with Gasteiger partial charge in [0.2, 0.25) is 0 Å². The van der Waals surface area contributed by atoms with E-state index in [2.05, 4.69) is 42.2 Å². The molecule has 0 bridgehead atoms. The number of carboxylic acids is 1. The van der Waals surface area contributed by atoms with Gasteiger partial charge in [-0.3, -0.25) is 4.79 Å². The number of carbonyl (C=O) groups is 2. The molecule has 0 spiro atoms. The Morgan fingerprint density at radius 3 is 2.50 bits per heavy atom. The number of benzene rings is 1. The van der Waals surface area contributed by atoms with Crippen molar-refractivity contribution < 1.29 is 14.7 Å². The lowest BCUT2D eigenvalue weighted by atomic mass is 10.1. The van der Waals surface area contributed by atoms with Crippen LogP contribution in [-0.4, -0.2) is 22.0 Å². The molecule has 2 aromatic rings. The first-order valence-corrected chi connectivity index (χ1v) is 7.02. The molecule has 1 heterocycles. The van der Waals surface area contributed by atoms with Crippen molar-refractivity contribution in [2.45, 2.75) is 0 Å². The number of hydrogen-bond donors (Lipinski definition) is 2. The fourth-order valence-corrected chi connectivity index (χ4v) is 2.11. The van der Waals surface area contributed by atoms with Gasteiger partial charge in [0.25, 0.3) is 5.91 Å². The lowest BCUT2D eigenvalue weighted by molar-refractivity contribution is 0.0698. The molecule has 1 aromatic carbocycles. The Balaban J connectivity index is 2.29. The lowest BCUT2D eigenvalue weighted by Gasteiger charge is -2.09. The number of nitrogens with one attached hydrogen (secondary N) is 1. The normalized spacial score (nSPS) is 10.1. The van der Waals surface area contributed by atoms with Crippen LogP contribution in [0.15, 0.2) is 45.6 Å². The molecule has 0 saturated carbocycles. The number of aromatic carboxylic acids is 1. The standard InChI is InChI=1S/C13H8Br2N2O3/c14-8-2-3-9(13(19)20)10(5-8)17-12(18)7-1-4-11(15)16-6-7/h1-6H,(H,17,18)(H,19,20). The summed E-state index contributed by atoms with van der Waals surface area (Å²) in [5.41, 5.74) is 0.580. The van der Waals surface area contributed by atoms with Crippen LogP contribution in [-0.2, 0) is 0 Å². The zero-order valence-electron chi connectivity index (χ0n) is 9.93. The van der Waals surface area contributed by atoms with Crippen LogP contribution in [0.4, 0.5) is 5.69 Å². The van der Waals surface area contributed by atoms with E-state index >= 15 is 0 Å². The van der Waals surface area contributed by atoms with Crippen LogP contribution in [0.25, 0.3) is 0 Å². The van der Waals surface area contributed by atoms with Crippen LogP contribution < -0.4 is 5.32 Å². The number of pyridine rings is 1. The number of aromatic nitrogens is 1. The van der Waals surface area contributed by atoms with Crippen LogP contribution in [0.5, 0.6) is 0 Å². The van der Waals surface area contributed by atoms with Gasteiger partial charge in [-0.2, -0.15) is 0 Å². The molecular formula is C13H8Br2N2O3. The van der Waals surface area contributed by atoms with E-state index in [0.29, 0.717) is 14.6 Å². The molecule has 1 amide bonds. The smallest absolute Gasteiger partial charge is 0.337 e. The Morgan fingerprint density at radius 2 is 1.90 bits per heavy atom. The van der Waals surface area contributed by atoms with E-state index in [4.69, 9.17) is 5.11 Å². The molecule has 2 rings (SSSR count). The summed E-state index contributed by atoms with van der Waals surface area (Å²) in [6.45, 7) is 0. The van der Waals surface area contributed by atoms with Gasteiger partial charge in [0, 0.05) is 10.7 Å². The van der Waals surface area contributed by atoms with Crippen LogP contribution in [0.1, 0.15) is 20.7 Å². The fraction of sp³-hybridized carbons (Fsp3) is 0. The maximum absolute atomic E-state index is 12.0. The fourth-order valence-electron chi connectivity index (χ4n) is 1.51. The van der Waals surface area contributed by atoms with E-state index in [1.165, 1.54) is 18.3 Å². The summed E-state index contributed by atoms with van der Waals surface area (Å²) in [7, 11) is 0. The predicted octanol–water partition coefficient (Wildman–Crippen LogP) is 3.56. The summed E-state index contributed by atoms with van der Waals surface area (Å²) in [5, 5.41) is 11.7. The minimum Gasteiger partial charge on any atom is -0.478 e. The highest BCUT2D eigenvalue weighted by Gasteiger charge is 2.14. The molecule has 0 fully saturated rings. The highest BCUT2D eigenvalue weighted by Crippen LogP contribution is 2.22. The summed E-state index contributed by atoms with van der Waals surface area (Å²) in [4.78, 5) is 27.1. The number of carboxylic acid groups (broad SMARTS) is 1. The molecule has 5 nitrogen and oxygen atoms in total. The van der Waals surface area contributed by atoms with E-state index in [1.54, 1.807) is 18.2 Å². The first-order chi connectivity index (χ1) is 9.47. The van der Waals surface area contributed by atoms with Crippen LogP contribution in [0, 0.1) is 0 Å². The first kappa shape index (κ1) is 14.7. The average molecular weight is 400 g/mol. The van der Waals surface area contributed by atoms with Crippen molar-refractivity contribution in [2.24, 2.45) is 0 Å². The average Bonchev–Trinajstić information content (AvgIpc) is 2.39. The number of halogens is 2. The SMILES string of the molecule is O=C(Nc1cc(Br)ccc1C(=O)O)c1ccc(Br)nc1. The van der Waals surface area contributed by atoms with Gasteiger partial charge in [0.15, 0.2) is 0 Å². The molecular weight excluding hydrogens is 392 g/mol. The number of carbonyl (C=O) groups excluding carboxylic acids is 1. The number of rotatable bonds is 3. The van der Waals surface area contributed by atoms with E-state index in [-0.39, 0.29) is 11.3 Å². The molecule has 0 aliphatic carbocycles. The third-order valence-corrected chi connectivity index (χ3v) is 3.41. The Morgan fingerprint density at radius 1 is 1.15 bits per heavy atom. The second-order valence-corrected chi connectivity index (χ2v) is 5.55. The van der Waals surface area contributed by atoms with Gasteiger partial charge in [-0.05, 0) is 46.3 Å². The molecule has 1 aromatic heterocycles. The Labute approximate surface area is 131 Å². The van der Waals surface area contributed by atoms with Crippen molar-refractivity contribution in [1.29, 1.82) is 0 Å².